The lowest BCUT2D eigenvalue weighted by Crippen LogP contribution is -2.34. The number of anilines is 1. The van der Waals surface area contributed by atoms with Gasteiger partial charge >= 0.3 is 0 Å². The molecule has 0 aliphatic heterocycles. The number of amides is 1. The van der Waals surface area contributed by atoms with Crippen LogP contribution in [0, 0.1) is 0 Å². The molecule has 0 radical (unpaired) electrons. The van der Waals surface area contributed by atoms with Crippen LogP contribution in [-0.4, -0.2) is 38.5 Å². The number of thiocarbonyl (C=S) groups is 1. The summed E-state index contributed by atoms with van der Waals surface area (Å²) in [4.78, 5) is 12.5. The number of methoxy groups -OCH3 is 2. The van der Waals surface area contributed by atoms with Gasteiger partial charge in [0, 0.05) is 12.8 Å². The fraction of sp³-hybridized carbons (Fsp3) is 0.222. The van der Waals surface area contributed by atoms with Gasteiger partial charge in [0.25, 0.3) is 5.91 Å². The van der Waals surface area contributed by atoms with Crippen molar-refractivity contribution in [3.05, 3.63) is 53.1 Å². The monoisotopic (exact) mass is 394 g/mol. The second kappa shape index (κ2) is 9.96. The molecule has 2 aromatic rings. The van der Waals surface area contributed by atoms with Gasteiger partial charge in [-0.1, -0.05) is 23.7 Å². The van der Waals surface area contributed by atoms with E-state index in [-0.39, 0.29) is 11.0 Å². The number of para-hydroxylation sites is 1. The molecular weight excluding hydrogens is 376 g/mol. The number of carbonyl (C=O) groups is 1. The van der Waals surface area contributed by atoms with E-state index < -0.39 is 0 Å². The second-order valence-electron chi connectivity index (χ2n) is 5.09. The Morgan fingerprint density at radius 2 is 1.88 bits per heavy atom. The van der Waals surface area contributed by atoms with Crippen LogP contribution in [0.25, 0.3) is 0 Å². The fourth-order valence-corrected chi connectivity index (χ4v) is 2.56. The molecular formula is C18H19ClN2O4S. The van der Waals surface area contributed by atoms with Crippen molar-refractivity contribution in [2.24, 2.45) is 0 Å². The molecule has 8 heteroatoms. The summed E-state index contributed by atoms with van der Waals surface area (Å²) in [5.74, 6) is 0.627. The Kier molecular flexibility index (Phi) is 7.65. The third-order valence-electron chi connectivity index (χ3n) is 3.31. The topological polar surface area (TPSA) is 68.8 Å². The Morgan fingerprint density at radius 3 is 2.58 bits per heavy atom. The number of rotatable bonds is 7. The molecule has 0 bridgehead atoms. The minimum atomic E-state index is -0.380. The van der Waals surface area contributed by atoms with Gasteiger partial charge in [0.1, 0.15) is 18.1 Å². The maximum Gasteiger partial charge on any atom is 0.261 e. The highest BCUT2D eigenvalue weighted by Gasteiger charge is 2.14. The van der Waals surface area contributed by atoms with E-state index in [0.29, 0.717) is 41.0 Å². The Balaban J connectivity index is 2.01. The molecule has 0 aliphatic rings. The molecule has 138 valence electrons. The third-order valence-corrected chi connectivity index (χ3v) is 3.81. The lowest BCUT2D eigenvalue weighted by molar-refractivity contribution is 0.0970. The largest absolute Gasteiger partial charge is 0.495 e. The third kappa shape index (κ3) is 5.59. The summed E-state index contributed by atoms with van der Waals surface area (Å²) < 4.78 is 15.6. The highest BCUT2D eigenvalue weighted by atomic mass is 35.5. The molecule has 6 nitrogen and oxygen atoms in total. The minimum Gasteiger partial charge on any atom is -0.495 e. The van der Waals surface area contributed by atoms with Crippen molar-refractivity contribution < 1.29 is 19.0 Å². The zero-order valence-corrected chi connectivity index (χ0v) is 15.9. The normalized spacial score (nSPS) is 10.1. The van der Waals surface area contributed by atoms with Crippen molar-refractivity contribution in [2.75, 3.05) is 32.8 Å². The Hall–Kier alpha value is -2.35. The summed E-state index contributed by atoms with van der Waals surface area (Å²) in [6.45, 7) is 0.766. The molecule has 2 aromatic carbocycles. The minimum absolute atomic E-state index is 0.142. The van der Waals surface area contributed by atoms with Gasteiger partial charge in [-0.05, 0) is 42.5 Å². The first-order valence-electron chi connectivity index (χ1n) is 7.71. The smallest absolute Gasteiger partial charge is 0.261 e. The lowest BCUT2D eigenvalue weighted by Gasteiger charge is -2.13. The van der Waals surface area contributed by atoms with Gasteiger partial charge in [-0.3, -0.25) is 10.1 Å². The maximum absolute atomic E-state index is 12.5. The molecule has 0 saturated heterocycles. The number of nitrogens with one attached hydrogen (secondary N) is 2. The highest BCUT2D eigenvalue weighted by molar-refractivity contribution is 7.80. The zero-order chi connectivity index (χ0) is 18.9. The summed E-state index contributed by atoms with van der Waals surface area (Å²) in [5.41, 5.74) is 1.01. The van der Waals surface area contributed by atoms with Crippen LogP contribution < -0.4 is 20.1 Å². The van der Waals surface area contributed by atoms with Crippen molar-refractivity contribution in [3.63, 3.8) is 0 Å². The van der Waals surface area contributed by atoms with E-state index in [1.165, 1.54) is 7.11 Å². The van der Waals surface area contributed by atoms with E-state index >= 15 is 0 Å². The molecule has 0 unspecified atom stereocenters. The second-order valence-corrected chi connectivity index (χ2v) is 5.91. The van der Waals surface area contributed by atoms with Gasteiger partial charge in [-0.15, -0.1) is 0 Å². The standard InChI is InChI=1S/C18H19ClN2O4S/c1-23-9-10-25-15-6-4-3-5-13(15)17(22)21-18(26)20-12-7-8-16(24-2)14(19)11-12/h3-8,11H,9-10H2,1-2H3,(H2,20,21,22,26). The van der Waals surface area contributed by atoms with Crippen LogP contribution in [0.15, 0.2) is 42.5 Å². The van der Waals surface area contributed by atoms with Crippen molar-refractivity contribution >= 4 is 40.5 Å². The van der Waals surface area contributed by atoms with Crippen LogP contribution in [-0.2, 0) is 4.74 Å². The van der Waals surface area contributed by atoms with Crippen LogP contribution >= 0.6 is 23.8 Å². The van der Waals surface area contributed by atoms with Crippen LogP contribution in [0.1, 0.15) is 10.4 Å². The molecule has 0 saturated carbocycles. The van der Waals surface area contributed by atoms with Gasteiger partial charge in [0.15, 0.2) is 5.11 Å². The van der Waals surface area contributed by atoms with Gasteiger partial charge in [-0.2, -0.15) is 0 Å². The van der Waals surface area contributed by atoms with Gasteiger partial charge in [-0.25, -0.2) is 0 Å². The van der Waals surface area contributed by atoms with Crippen LogP contribution in [0.4, 0.5) is 5.69 Å². The van der Waals surface area contributed by atoms with Gasteiger partial charge in [0.05, 0.1) is 24.3 Å². The molecule has 2 N–H and O–H groups in total. The molecule has 2 rings (SSSR count). The molecule has 0 heterocycles. The molecule has 1 amide bonds. The molecule has 26 heavy (non-hydrogen) atoms. The molecule has 0 fully saturated rings. The Bertz CT molecular complexity index is 786. The van der Waals surface area contributed by atoms with Crippen molar-refractivity contribution in [2.45, 2.75) is 0 Å². The van der Waals surface area contributed by atoms with Crippen molar-refractivity contribution in [3.8, 4) is 11.5 Å². The van der Waals surface area contributed by atoms with E-state index in [1.807, 2.05) is 0 Å². The quantitative estimate of drug-likeness (QED) is 0.553. The Morgan fingerprint density at radius 1 is 1.12 bits per heavy atom. The van der Waals surface area contributed by atoms with Crippen molar-refractivity contribution in [1.82, 2.24) is 5.32 Å². The summed E-state index contributed by atoms with van der Waals surface area (Å²) >= 11 is 11.3. The van der Waals surface area contributed by atoms with E-state index in [9.17, 15) is 4.79 Å². The van der Waals surface area contributed by atoms with Crippen molar-refractivity contribution in [1.29, 1.82) is 0 Å². The van der Waals surface area contributed by atoms with Gasteiger partial charge < -0.3 is 19.5 Å². The first-order valence-corrected chi connectivity index (χ1v) is 8.50. The first-order chi connectivity index (χ1) is 12.5. The summed E-state index contributed by atoms with van der Waals surface area (Å²) in [7, 11) is 3.11. The fourth-order valence-electron chi connectivity index (χ4n) is 2.09. The summed E-state index contributed by atoms with van der Waals surface area (Å²) in [6.07, 6.45) is 0. The predicted molar refractivity (Wildman–Crippen MR) is 106 cm³/mol. The molecule has 0 atom stereocenters. The number of carbonyl (C=O) groups excluding carboxylic acids is 1. The zero-order valence-electron chi connectivity index (χ0n) is 14.4. The van der Waals surface area contributed by atoms with Gasteiger partial charge in [0.2, 0.25) is 0 Å². The molecule has 0 aliphatic carbocycles. The van der Waals surface area contributed by atoms with E-state index in [1.54, 1.807) is 49.6 Å². The number of benzene rings is 2. The maximum atomic E-state index is 12.5. The lowest BCUT2D eigenvalue weighted by atomic mass is 10.2. The van der Waals surface area contributed by atoms with E-state index in [4.69, 9.17) is 38.0 Å². The summed E-state index contributed by atoms with van der Waals surface area (Å²) in [6, 6.07) is 12.0. The first kappa shape index (κ1) is 20.0. The van der Waals surface area contributed by atoms with Crippen LogP contribution in [0.3, 0.4) is 0 Å². The SMILES string of the molecule is COCCOc1ccccc1C(=O)NC(=S)Nc1ccc(OC)c(Cl)c1. The summed E-state index contributed by atoms with van der Waals surface area (Å²) in [5, 5.41) is 6.10. The average molecular weight is 395 g/mol. The predicted octanol–water partition coefficient (Wildman–Crippen LogP) is 3.50. The number of halogens is 1. The van der Waals surface area contributed by atoms with Crippen LogP contribution in [0.5, 0.6) is 11.5 Å². The van der Waals surface area contributed by atoms with E-state index in [0.717, 1.165) is 0 Å². The molecule has 0 spiro atoms. The Labute approximate surface area is 162 Å². The van der Waals surface area contributed by atoms with Crippen LogP contribution in [0.2, 0.25) is 5.02 Å². The number of hydrogen-bond donors (Lipinski definition) is 2. The molecule has 0 aromatic heterocycles. The average Bonchev–Trinajstić information content (AvgIpc) is 2.62. The van der Waals surface area contributed by atoms with E-state index in [2.05, 4.69) is 10.6 Å². The highest BCUT2D eigenvalue weighted by Crippen LogP contribution is 2.27. The number of hydrogen-bond acceptors (Lipinski definition) is 5. The number of ether oxygens (including phenoxy) is 3.